The van der Waals surface area contributed by atoms with Crippen molar-refractivity contribution in [3.63, 3.8) is 0 Å². The number of para-hydroxylation sites is 1. The molecule has 2 aromatic rings. The van der Waals surface area contributed by atoms with E-state index < -0.39 is 7.94 Å². The summed E-state index contributed by atoms with van der Waals surface area (Å²) >= 11 is 0. The van der Waals surface area contributed by atoms with Crippen LogP contribution in [0.15, 0.2) is 24.3 Å². The second-order valence-electron chi connectivity index (χ2n) is 4.28. The van der Waals surface area contributed by atoms with E-state index in [4.69, 9.17) is 18.3 Å². The molecule has 1 N–H and O–H groups in total. The maximum atomic E-state index is 5.71. The molecule has 7 heteroatoms. The Bertz CT molecular complexity index is 562. The Morgan fingerprint density at radius 3 is 2.89 bits per heavy atom. The van der Waals surface area contributed by atoms with Gasteiger partial charge in [-0.25, -0.2) is 0 Å². The normalized spacial score (nSPS) is 22.9. The first kappa shape index (κ1) is 12.8. The number of aromatic amines is 1. The number of nitrogens with one attached hydrogen (secondary N) is 1. The quantitative estimate of drug-likeness (QED) is 0.855. The number of H-pyrrole nitrogens is 1. The number of hydrogen-bond acceptors (Lipinski definition) is 5. The topological polar surface area (TPSA) is 65.6 Å². The van der Waals surface area contributed by atoms with E-state index in [0.29, 0.717) is 12.5 Å². The fraction of sp³-hybridized carbons (Fsp3) is 0.417. The van der Waals surface area contributed by atoms with E-state index in [0.717, 1.165) is 10.9 Å². The summed E-state index contributed by atoms with van der Waals surface area (Å²) in [6.45, 7) is 4.30. The Kier molecular flexibility index (Phi) is 3.41. The molecule has 1 aliphatic rings. The molecule has 0 amide bonds. The molecule has 104 valence electrons. The molecule has 1 aromatic heterocycles. The van der Waals surface area contributed by atoms with E-state index in [1.807, 2.05) is 38.1 Å². The Hall–Kier alpha value is -1.20. The van der Waals surface area contributed by atoms with Crippen LogP contribution in [0, 0.1) is 0 Å². The van der Waals surface area contributed by atoms with Gasteiger partial charge in [-0.05, 0) is 0 Å². The van der Waals surface area contributed by atoms with Crippen molar-refractivity contribution in [3.8, 4) is 5.88 Å². The van der Waals surface area contributed by atoms with Crippen molar-refractivity contribution in [3.05, 3.63) is 24.3 Å². The first-order valence-corrected chi connectivity index (χ1v) is 8.21. The molecule has 1 aromatic carbocycles. The van der Waals surface area contributed by atoms with Crippen LogP contribution < -0.4 is 4.74 Å². The summed E-state index contributed by atoms with van der Waals surface area (Å²) in [4.78, 5) is 0. The fourth-order valence-corrected chi connectivity index (χ4v) is 4.26. The standard InChI is InChI=1S/C12H17N2O4P/c1-3-16-19(17-9(2)18-19)8-15-12-10-6-4-5-7-11(10)13-14-12/h4-7,9,19H,3,8H2,1-2H3,(H,13,14). The van der Waals surface area contributed by atoms with Crippen molar-refractivity contribution < 1.29 is 18.3 Å². The Balaban J connectivity index is 1.71. The van der Waals surface area contributed by atoms with Gasteiger partial charge in [0.25, 0.3) is 0 Å². The van der Waals surface area contributed by atoms with Crippen LogP contribution in [0.2, 0.25) is 0 Å². The molecule has 0 spiro atoms. The molecule has 0 radical (unpaired) electrons. The molecule has 0 atom stereocenters. The summed E-state index contributed by atoms with van der Waals surface area (Å²) in [6.07, 6.45) is 0.0674. The van der Waals surface area contributed by atoms with Gasteiger partial charge in [0.15, 0.2) is 0 Å². The van der Waals surface area contributed by atoms with Gasteiger partial charge >= 0.3 is 111 Å². The molecule has 0 bridgehead atoms. The van der Waals surface area contributed by atoms with Crippen LogP contribution in [-0.4, -0.2) is 29.4 Å². The number of benzene rings is 1. The van der Waals surface area contributed by atoms with Crippen LogP contribution in [0.3, 0.4) is 0 Å². The van der Waals surface area contributed by atoms with Crippen molar-refractivity contribution >= 4 is 18.8 Å². The molecule has 0 saturated carbocycles. The summed E-state index contributed by atoms with van der Waals surface area (Å²) in [5.41, 5.74) is 0.938. The van der Waals surface area contributed by atoms with Gasteiger partial charge in [0.1, 0.15) is 0 Å². The Morgan fingerprint density at radius 2 is 2.16 bits per heavy atom. The molecule has 1 fully saturated rings. The van der Waals surface area contributed by atoms with Gasteiger partial charge in [-0.1, -0.05) is 0 Å². The number of aromatic nitrogens is 2. The molecule has 6 nitrogen and oxygen atoms in total. The summed E-state index contributed by atoms with van der Waals surface area (Å²) in [7, 11) is -2.63. The number of ether oxygens (including phenoxy) is 1. The monoisotopic (exact) mass is 284 g/mol. The molecule has 2 heterocycles. The SMILES string of the molecule is CCO[PH]1(COc2n[nH]c3ccccc23)OC(C)O1. The average Bonchev–Trinajstić information content (AvgIpc) is 2.78. The fourth-order valence-electron chi connectivity index (χ4n) is 2.12. The predicted octanol–water partition coefficient (Wildman–Crippen LogP) is 2.82. The zero-order chi connectivity index (χ0) is 13.3. The van der Waals surface area contributed by atoms with Crippen LogP contribution in [0.25, 0.3) is 10.9 Å². The molecule has 0 unspecified atom stereocenters. The van der Waals surface area contributed by atoms with Gasteiger partial charge in [0.05, 0.1) is 0 Å². The van der Waals surface area contributed by atoms with E-state index in [2.05, 4.69) is 10.2 Å². The van der Waals surface area contributed by atoms with Crippen LogP contribution >= 0.6 is 7.94 Å². The predicted molar refractivity (Wildman–Crippen MR) is 73.2 cm³/mol. The summed E-state index contributed by atoms with van der Waals surface area (Å²) in [6, 6.07) is 7.79. The summed E-state index contributed by atoms with van der Waals surface area (Å²) in [5.74, 6) is 0.550. The molecular weight excluding hydrogens is 267 g/mol. The zero-order valence-corrected chi connectivity index (χ0v) is 11.9. The van der Waals surface area contributed by atoms with Crippen molar-refractivity contribution in [1.29, 1.82) is 0 Å². The second kappa shape index (κ2) is 5.06. The van der Waals surface area contributed by atoms with E-state index in [1.165, 1.54) is 0 Å². The first-order valence-electron chi connectivity index (χ1n) is 6.28. The molecule has 1 aliphatic heterocycles. The third kappa shape index (κ3) is 2.44. The number of fused-ring (bicyclic) bond motifs is 1. The van der Waals surface area contributed by atoms with E-state index in [1.54, 1.807) is 0 Å². The van der Waals surface area contributed by atoms with Crippen molar-refractivity contribution in [2.75, 3.05) is 13.0 Å². The molecule has 0 aliphatic carbocycles. The summed E-state index contributed by atoms with van der Waals surface area (Å²) in [5, 5.41) is 8.00. The van der Waals surface area contributed by atoms with Gasteiger partial charge in [-0.15, -0.1) is 0 Å². The molecule has 19 heavy (non-hydrogen) atoms. The van der Waals surface area contributed by atoms with E-state index >= 15 is 0 Å². The number of nitrogens with zero attached hydrogens (tertiary/aromatic N) is 1. The Morgan fingerprint density at radius 1 is 1.37 bits per heavy atom. The van der Waals surface area contributed by atoms with Gasteiger partial charge in [-0.2, -0.15) is 0 Å². The third-order valence-electron chi connectivity index (χ3n) is 2.88. The minimum absolute atomic E-state index is 0.210. The third-order valence-corrected chi connectivity index (χ3v) is 5.48. The van der Waals surface area contributed by atoms with Gasteiger partial charge in [0, 0.05) is 0 Å². The van der Waals surface area contributed by atoms with Crippen LogP contribution in [0.1, 0.15) is 13.8 Å². The van der Waals surface area contributed by atoms with Gasteiger partial charge in [-0.3, -0.25) is 0 Å². The van der Waals surface area contributed by atoms with Crippen LogP contribution in [0.5, 0.6) is 5.88 Å². The molecule has 3 rings (SSSR count). The van der Waals surface area contributed by atoms with Crippen LogP contribution in [0.4, 0.5) is 0 Å². The molecular formula is C12H17N2O4P. The van der Waals surface area contributed by atoms with Crippen LogP contribution in [-0.2, 0) is 13.6 Å². The van der Waals surface area contributed by atoms with Gasteiger partial charge < -0.3 is 0 Å². The average molecular weight is 284 g/mol. The van der Waals surface area contributed by atoms with E-state index in [9.17, 15) is 0 Å². The van der Waals surface area contributed by atoms with Crippen molar-refractivity contribution in [1.82, 2.24) is 10.2 Å². The second-order valence-corrected chi connectivity index (χ2v) is 6.70. The van der Waals surface area contributed by atoms with Gasteiger partial charge in [0.2, 0.25) is 0 Å². The summed E-state index contributed by atoms with van der Waals surface area (Å²) < 4.78 is 22.5. The Labute approximate surface area is 111 Å². The van der Waals surface area contributed by atoms with Crippen molar-refractivity contribution in [2.45, 2.75) is 20.1 Å². The molecule has 1 saturated heterocycles. The number of hydrogen-bond donors (Lipinski definition) is 1. The minimum atomic E-state index is -2.63. The van der Waals surface area contributed by atoms with Crippen molar-refractivity contribution in [2.24, 2.45) is 0 Å². The van der Waals surface area contributed by atoms with E-state index in [-0.39, 0.29) is 12.6 Å². The number of rotatable bonds is 5. The maximum absolute atomic E-state index is 5.71. The first-order chi connectivity index (χ1) is 9.22. The zero-order valence-electron chi connectivity index (χ0n) is 10.9.